The van der Waals surface area contributed by atoms with Gasteiger partial charge in [0.15, 0.2) is 0 Å². The van der Waals surface area contributed by atoms with Crippen LogP contribution < -0.4 is 0 Å². The molecule has 1 amide bonds. The predicted octanol–water partition coefficient (Wildman–Crippen LogP) is 4.41. The zero-order valence-electron chi connectivity index (χ0n) is 13.7. The Balaban J connectivity index is 1.43. The van der Waals surface area contributed by atoms with E-state index in [0.29, 0.717) is 23.1 Å². The maximum Gasteiger partial charge on any atom is 0.253 e. The molecule has 1 saturated heterocycles. The van der Waals surface area contributed by atoms with Gasteiger partial charge in [-0.2, -0.15) is 0 Å². The molecular weight excluding hydrogens is 322 g/mol. The van der Waals surface area contributed by atoms with Crippen LogP contribution in [0.3, 0.4) is 0 Å². The Kier molecular flexibility index (Phi) is 5.89. The molecule has 1 fully saturated rings. The number of hydrogen-bond acceptors (Lipinski definition) is 2. The van der Waals surface area contributed by atoms with Crippen molar-refractivity contribution in [1.82, 2.24) is 4.90 Å². The molecule has 0 bridgehead atoms. The number of carbonyl (C=O) groups excluding carboxylic acids is 1. The van der Waals surface area contributed by atoms with Crippen LogP contribution in [-0.2, 0) is 11.3 Å². The van der Waals surface area contributed by atoms with Crippen molar-refractivity contribution in [2.24, 2.45) is 5.92 Å². The van der Waals surface area contributed by atoms with Crippen LogP contribution in [0.4, 0.5) is 0 Å². The Morgan fingerprint density at radius 1 is 1.08 bits per heavy atom. The molecule has 0 radical (unpaired) electrons. The molecule has 0 N–H and O–H groups in total. The number of likely N-dealkylation sites (tertiary alicyclic amines) is 1. The molecule has 0 atom stereocenters. The highest BCUT2D eigenvalue weighted by Gasteiger charge is 2.23. The Morgan fingerprint density at radius 2 is 1.83 bits per heavy atom. The van der Waals surface area contributed by atoms with Gasteiger partial charge < -0.3 is 9.64 Å². The summed E-state index contributed by atoms with van der Waals surface area (Å²) in [5, 5.41) is 0.602. The van der Waals surface area contributed by atoms with Gasteiger partial charge in [0.25, 0.3) is 5.91 Å². The summed E-state index contributed by atoms with van der Waals surface area (Å²) < 4.78 is 5.83. The van der Waals surface area contributed by atoms with Crippen LogP contribution >= 0.6 is 11.6 Å². The molecule has 0 saturated carbocycles. The molecule has 0 spiro atoms. The summed E-state index contributed by atoms with van der Waals surface area (Å²) in [6.45, 7) is 2.98. The maximum atomic E-state index is 12.5. The maximum absolute atomic E-state index is 12.5. The van der Waals surface area contributed by atoms with E-state index < -0.39 is 0 Å². The summed E-state index contributed by atoms with van der Waals surface area (Å²) in [7, 11) is 0. The summed E-state index contributed by atoms with van der Waals surface area (Å²) in [6, 6.07) is 17.4. The largest absolute Gasteiger partial charge is 0.376 e. The first-order valence-electron chi connectivity index (χ1n) is 8.39. The molecular formula is C20H22ClNO2. The fourth-order valence-electron chi connectivity index (χ4n) is 3.02. The highest BCUT2D eigenvalue weighted by atomic mass is 35.5. The van der Waals surface area contributed by atoms with E-state index in [0.717, 1.165) is 32.5 Å². The van der Waals surface area contributed by atoms with E-state index in [1.54, 1.807) is 12.1 Å². The van der Waals surface area contributed by atoms with E-state index in [1.165, 1.54) is 5.56 Å². The lowest BCUT2D eigenvalue weighted by atomic mass is 9.97. The molecule has 2 aromatic rings. The van der Waals surface area contributed by atoms with E-state index >= 15 is 0 Å². The number of carbonyl (C=O) groups is 1. The fraction of sp³-hybridized carbons (Fsp3) is 0.350. The lowest BCUT2D eigenvalue weighted by Gasteiger charge is -2.32. The van der Waals surface area contributed by atoms with Gasteiger partial charge in [0.1, 0.15) is 0 Å². The van der Waals surface area contributed by atoms with Crippen molar-refractivity contribution in [2.45, 2.75) is 19.4 Å². The van der Waals surface area contributed by atoms with Crippen LogP contribution in [0.2, 0.25) is 5.02 Å². The van der Waals surface area contributed by atoms with Crippen molar-refractivity contribution in [2.75, 3.05) is 19.7 Å². The third-order valence-electron chi connectivity index (χ3n) is 4.44. The summed E-state index contributed by atoms with van der Waals surface area (Å²) in [5.41, 5.74) is 1.87. The molecule has 3 nitrogen and oxygen atoms in total. The van der Waals surface area contributed by atoms with Crippen LogP contribution in [0.1, 0.15) is 28.8 Å². The van der Waals surface area contributed by atoms with Crippen LogP contribution in [-0.4, -0.2) is 30.5 Å². The number of benzene rings is 2. The predicted molar refractivity (Wildman–Crippen MR) is 96.2 cm³/mol. The van der Waals surface area contributed by atoms with E-state index in [1.807, 2.05) is 35.2 Å². The highest BCUT2D eigenvalue weighted by Crippen LogP contribution is 2.21. The van der Waals surface area contributed by atoms with Gasteiger partial charge >= 0.3 is 0 Å². The first-order chi connectivity index (χ1) is 11.7. The van der Waals surface area contributed by atoms with Gasteiger partial charge in [-0.1, -0.05) is 48.0 Å². The number of ether oxygens (including phenoxy) is 1. The van der Waals surface area contributed by atoms with E-state index in [2.05, 4.69) is 12.1 Å². The molecule has 1 aliphatic rings. The first-order valence-corrected chi connectivity index (χ1v) is 8.76. The summed E-state index contributed by atoms with van der Waals surface area (Å²) in [5.74, 6) is 0.596. The Morgan fingerprint density at radius 3 is 2.54 bits per heavy atom. The number of halogens is 1. The molecule has 126 valence electrons. The van der Waals surface area contributed by atoms with Crippen LogP contribution in [0, 0.1) is 5.92 Å². The highest BCUT2D eigenvalue weighted by molar-refractivity contribution is 6.30. The topological polar surface area (TPSA) is 29.5 Å². The van der Waals surface area contributed by atoms with Gasteiger partial charge in [-0.3, -0.25) is 4.79 Å². The minimum atomic E-state index is 0.0705. The second kappa shape index (κ2) is 8.32. The third-order valence-corrected chi connectivity index (χ3v) is 4.67. The van der Waals surface area contributed by atoms with E-state index in [9.17, 15) is 4.79 Å². The van der Waals surface area contributed by atoms with Gasteiger partial charge in [0.2, 0.25) is 0 Å². The minimum absolute atomic E-state index is 0.0705. The average Bonchev–Trinajstić information content (AvgIpc) is 2.63. The van der Waals surface area contributed by atoms with E-state index in [4.69, 9.17) is 16.3 Å². The smallest absolute Gasteiger partial charge is 0.253 e. The van der Waals surface area contributed by atoms with Crippen molar-refractivity contribution < 1.29 is 9.53 Å². The minimum Gasteiger partial charge on any atom is -0.376 e. The van der Waals surface area contributed by atoms with Crippen molar-refractivity contribution in [3.05, 3.63) is 70.7 Å². The molecule has 0 aliphatic carbocycles. The van der Waals surface area contributed by atoms with Gasteiger partial charge in [0, 0.05) is 30.3 Å². The average molecular weight is 344 g/mol. The van der Waals surface area contributed by atoms with Gasteiger partial charge in [-0.05, 0) is 42.5 Å². The lowest BCUT2D eigenvalue weighted by molar-refractivity contribution is 0.0478. The zero-order chi connectivity index (χ0) is 16.8. The van der Waals surface area contributed by atoms with Crippen molar-refractivity contribution in [3.8, 4) is 0 Å². The Hall–Kier alpha value is -1.84. The van der Waals surface area contributed by atoms with Crippen molar-refractivity contribution >= 4 is 17.5 Å². The summed E-state index contributed by atoms with van der Waals surface area (Å²) in [4.78, 5) is 14.4. The number of piperidine rings is 1. The lowest BCUT2D eigenvalue weighted by Crippen LogP contribution is -2.39. The Bertz CT molecular complexity index is 666. The number of hydrogen-bond donors (Lipinski definition) is 0. The molecule has 2 aromatic carbocycles. The number of rotatable bonds is 5. The van der Waals surface area contributed by atoms with Crippen LogP contribution in [0.5, 0.6) is 0 Å². The molecule has 4 heteroatoms. The standard InChI is InChI=1S/C20H22ClNO2/c21-19-8-4-7-18(13-19)20(23)22-11-9-17(10-12-22)15-24-14-16-5-2-1-3-6-16/h1-8,13,17H,9-12,14-15H2. The third kappa shape index (κ3) is 4.59. The monoisotopic (exact) mass is 343 g/mol. The zero-order valence-corrected chi connectivity index (χ0v) is 14.4. The second-order valence-electron chi connectivity index (χ2n) is 6.25. The van der Waals surface area contributed by atoms with Crippen LogP contribution in [0.25, 0.3) is 0 Å². The molecule has 0 aromatic heterocycles. The Labute approximate surface area is 148 Å². The molecule has 1 aliphatic heterocycles. The first kappa shape index (κ1) is 17.0. The summed E-state index contributed by atoms with van der Waals surface area (Å²) >= 11 is 5.97. The fourth-order valence-corrected chi connectivity index (χ4v) is 3.21. The van der Waals surface area contributed by atoms with Gasteiger partial charge in [-0.15, -0.1) is 0 Å². The molecule has 3 rings (SSSR count). The quantitative estimate of drug-likeness (QED) is 0.804. The normalized spacial score (nSPS) is 15.5. The van der Waals surface area contributed by atoms with Gasteiger partial charge in [-0.25, -0.2) is 0 Å². The molecule has 1 heterocycles. The van der Waals surface area contributed by atoms with Crippen molar-refractivity contribution in [3.63, 3.8) is 0 Å². The van der Waals surface area contributed by atoms with Gasteiger partial charge in [0.05, 0.1) is 6.61 Å². The van der Waals surface area contributed by atoms with Crippen molar-refractivity contribution in [1.29, 1.82) is 0 Å². The SMILES string of the molecule is O=C(c1cccc(Cl)c1)N1CCC(COCc2ccccc2)CC1. The van der Waals surface area contributed by atoms with Crippen LogP contribution in [0.15, 0.2) is 54.6 Å². The number of amides is 1. The number of nitrogens with zero attached hydrogens (tertiary/aromatic N) is 1. The van der Waals surface area contributed by atoms with E-state index in [-0.39, 0.29) is 5.91 Å². The molecule has 0 unspecified atom stereocenters. The summed E-state index contributed by atoms with van der Waals surface area (Å²) in [6.07, 6.45) is 1.97. The second-order valence-corrected chi connectivity index (χ2v) is 6.68. The molecule has 24 heavy (non-hydrogen) atoms.